The van der Waals surface area contributed by atoms with Crippen LogP contribution in [0.2, 0.25) is 0 Å². The second-order valence-electron chi connectivity index (χ2n) is 4.26. The molecule has 1 aliphatic carbocycles. The van der Waals surface area contributed by atoms with Crippen molar-refractivity contribution in [2.45, 2.75) is 43.7 Å². The zero-order valence-corrected chi connectivity index (χ0v) is 9.81. The van der Waals surface area contributed by atoms with Crippen LogP contribution in [0.25, 0.3) is 0 Å². The van der Waals surface area contributed by atoms with Crippen molar-refractivity contribution in [3.8, 4) is 0 Å². The molecule has 2 fully saturated rings. The lowest BCUT2D eigenvalue weighted by molar-refractivity contribution is -0.136. The summed E-state index contributed by atoms with van der Waals surface area (Å²) in [5, 5.41) is 3.94. The smallest absolute Gasteiger partial charge is 0.249 e. The first-order valence-corrected chi connectivity index (χ1v) is 6.37. The molecule has 2 aliphatic rings. The average molecular weight is 262 g/mol. The molecule has 1 N–H and O–H groups in total. The van der Waals surface area contributed by atoms with E-state index in [1.165, 1.54) is 0 Å². The molecule has 80 valence electrons. The van der Waals surface area contributed by atoms with Gasteiger partial charge in [-0.3, -0.25) is 4.79 Å². The Hall–Kier alpha value is -0.0900. The molecule has 1 atom stereocenters. The highest BCUT2D eigenvalue weighted by molar-refractivity contribution is 9.09. The van der Waals surface area contributed by atoms with Gasteiger partial charge >= 0.3 is 0 Å². The molecule has 1 aliphatic heterocycles. The molecule has 0 aromatic heterocycles. The maximum absolute atomic E-state index is 11.8. The van der Waals surface area contributed by atoms with Crippen molar-refractivity contribution >= 4 is 21.8 Å². The molecule has 1 saturated heterocycles. The fourth-order valence-electron chi connectivity index (χ4n) is 1.73. The summed E-state index contributed by atoms with van der Waals surface area (Å²) in [6, 6.07) is 0. The van der Waals surface area contributed by atoms with Gasteiger partial charge in [-0.15, -0.1) is 0 Å². The van der Waals surface area contributed by atoms with Gasteiger partial charge < -0.3 is 10.1 Å². The van der Waals surface area contributed by atoms with Crippen molar-refractivity contribution in [3.63, 3.8) is 0 Å². The number of carbonyl (C=O) groups excluding carboxylic acids is 1. The van der Waals surface area contributed by atoms with Gasteiger partial charge in [0.1, 0.15) is 6.10 Å². The Morgan fingerprint density at radius 1 is 1.50 bits per heavy atom. The van der Waals surface area contributed by atoms with Crippen LogP contribution in [0.4, 0.5) is 0 Å². The Morgan fingerprint density at radius 3 is 2.79 bits per heavy atom. The third kappa shape index (κ3) is 2.28. The number of carbonyl (C=O) groups is 1. The minimum Gasteiger partial charge on any atom is -0.368 e. The number of ether oxygens (including phenoxy) is 1. The second-order valence-corrected chi connectivity index (χ2v) is 4.82. The third-order valence-corrected chi connectivity index (χ3v) is 4.04. The van der Waals surface area contributed by atoms with E-state index in [4.69, 9.17) is 4.74 Å². The number of nitrogens with one attached hydrogen (secondary N) is 1. The van der Waals surface area contributed by atoms with Crippen LogP contribution in [0.15, 0.2) is 0 Å². The van der Waals surface area contributed by atoms with Crippen LogP contribution in [0, 0.1) is 0 Å². The molecular weight excluding hydrogens is 246 g/mol. The topological polar surface area (TPSA) is 38.3 Å². The molecule has 0 radical (unpaired) electrons. The van der Waals surface area contributed by atoms with Crippen molar-refractivity contribution in [1.29, 1.82) is 0 Å². The predicted molar refractivity (Wildman–Crippen MR) is 57.5 cm³/mol. The molecular formula is C10H16BrNO2. The third-order valence-electron chi connectivity index (χ3n) is 2.97. The summed E-state index contributed by atoms with van der Waals surface area (Å²) in [7, 11) is 0. The van der Waals surface area contributed by atoms with Crippen LogP contribution in [-0.2, 0) is 9.53 Å². The van der Waals surface area contributed by atoms with E-state index in [0.29, 0.717) is 0 Å². The Balaban J connectivity index is 1.82. The van der Waals surface area contributed by atoms with Crippen molar-refractivity contribution in [2.75, 3.05) is 11.9 Å². The van der Waals surface area contributed by atoms with E-state index in [0.717, 1.165) is 44.0 Å². The van der Waals surface area contributed by atoms with Gasteiger partial charge in [0.05, 0.1) is 0 Å². The molecule has 2 rings (SSSR count). The lowest BCUT2D eigenvalue weighted by atomic mass is 10.1. The number of rotatable bonds is 3. The minimum absolute atomic E-state index is 0.0535. The second kappa shape index (κ2) is 4.19. The van der Waals surface area contributed by atoms with Gasteiger partial charge in [0.15, 0.2) is 0 Å². The molecule has 1 heterocycles. The summed E-state index contributed by atoms with van der Waals surface area (Å²) in [6.45, 7) is 0.736. The molecule has 4 heteroatoms. The largest absolute Gasteiger partial charge is 0.368 e. The maximum Gasteiger partial charge on any atom is 0.249 e. The van der Waals surface area contributed by atoms with Crippen LogP contribution in [-0.4, -0.2) is 29.5 Å². The molecule has 3 nitrogen and oxygen atoms in total. The quantitative estimate of drug-likeness (QED) is 0.784. The molecule has 0 aromatic rings. The van der Waals surface area contributed by atoms with Crippen LogP contribution in [0.1, 0.15) is 32.1 Å². The first-order chi connectivity index (χ1) is 6.76. The van der Waals surface area contributed by atoms with Crippen molar-refractivity contribution in [1.82, 2.24) is 5.32 Å². The fourth-order valence-corrected chi connectivity index (χ4v) is 2.43. The molecule has 1 amide bonds. The summed E-state index contributed by atoms with van der Waals surface area (Å²) in [5.41, 5.74) is 0.0535. The normalized spacial score (nSPS) is 29.6. The Morgan fingerprint density at radius 2 is 2.29 bits per heavy atom. The standard InChI is InChI=1S/C10H16BrNO2/c11-7-10(4-5-10)12-9(13)8-3-1-2-6-14-8/h8H,1-7H2,(H,12,13). The summed E-state index contributed by atoms with van der Waals surface area (Å²) >= 11 is 3.43. The molecule has 0 aromatic carbocycles. The zero-order valence-electron chi connectivity index (χ0n) is 8.22. The van der Waals surface area contributed by atoms with Crippen LogP contribution >= 0.6 is 15.9 Å². The Labute approximate surface area is 92.7 Å². The molecule has 0 bridgehead atoms. The lowest BCUT2D eigenvalue weighted by Gasteiger charge is -2.24. The van der Waals surface area contributed by atoms with E-state index in [2.05, 4.69) is 21.2 Å². The molecule has 0 spiro atoms. The number of alkyl halides is 1. The van der Waals surface area contributed by atoms with E-state index >= 15 is 0 Å². The van der Waals surface area contributed by atoms with E-state index in [1.807, 2.05) is 0 Å². The first kappa shape index (κ1) is 10.4. The van der Waals surface area contributed by atoms with Gasteiger partial charge in [0.25, 0.3) is 0 Å². The van der Waals surface area contributed by atoms with E-state index in [1.54, 1.807) is 0 Å². The monoisotopic (exact) mass is 261 g/mol. The van der Waals surface area contributed by atoms with Gasteiger partial charge in [0, 0.05) is 17.5 Å². The van der Waals surface area contributed by atoms with Crippen molar-refractivity contribution in [3.05, 3.63) is 0 Å². The summed E-state index contributed by atoms with van der Waals surface area (Å²) in [5.74, 6) is 0.0849. The number of amides is 1. The van der Waals surface area contributed by atoms with Gasteiger partial charge in [-0.2, -0.15) is 0 Å². The van der Waals surface area contributed by atoms with Crippen LogP contribution < -0.4 is 5.32 Å². The van der Waals surface area contributed by atoms with E-state index < -0.39 is 0 Å². The molecule has 1 saturated carbocycles. The van der Waals surface area contributed by atoms with Crippen molar-refractivity contribution < 1.29 is 9.53 Å². The van der Waals surface area contributed by atoms with Crippen molar-refractivity contribution in [2.24, 2.45) is 0 Å². The average Bonchev–Trinajstić information content (AvgIpc) is 3.00. The highest BCUT2D eigenvalue weighted by Crippen LogP contribution is 2.37. The van der Waals surface area contributed by atoms with Gasteiger partial charge in [0.2, 0.25) is 5.91 Å². The molecule has 1 unspecified atom stereocenters. The van der Waals surface area contributed by atoms with E-state index in [-0.39, 0.29) is 17.6 Å². The maximum atomic E-state index is 11.8. The number of hydrogen-bond acceptors (Lipinski definition) is 2. The van der Waals surface area contributed by atoms with Crippen LogP contribution in [0.5, 0.6) is 0 Å². The highest BCUT2D eigenvalue weighted by Gasteiger charge is 2.44. The van der Waals surface area contributed by atoms with Crippen LogP contribution in [0.3, 0.4) is 0 Å². The minimum atomic E-state index is -0.194. The SMILES string of the molecule is O=C(NC1(CBr)CC1)C1CCCCO1. The molecule has 14 heavy (non-hydrogen) atoms. The zero-order chi connectivity index (χ0) is 10.0. The summed E-state index contributed by atoms with van der Waals surface area (Å²) in [6.07, 6.45) is 5.07. The number of halogens is 1. The Bertz CT molecular complexity index is 222. The van der Waals surface area contributed by atoms with Gasteiger partial charge in [-0.05, 0) is 32.1 Å². The van der Waals surface area contributed by atoms with Gasteiger partial charge in [-0.25, -0.2) is 0 Å². The van der Waals surface area contributed by atoms with Gasteiger partial charge in [-0.1, -0.05) is 15.9 Å². The first-order valence-electron chi connectivity index (χ1n) is 5.25. The van der Waals surface area contributed by atoms with E-state index in [9.17, 15) is 4.79 Å². The fraction of sp³-hybridized carbons (Fsp3) is 0.900. The lowest BCUT2D eigenvalue weighted by Crippen LogP contribution is -2.45. The number of hydrogen-bond donors (Lipinski definition) is 1. The summed E-state index contributed by atoms with van der Waals surface area (Å²) < 4.78 is 5.43. The summed E-state index contributed by atoms with van der Waals surface area (Å²) in [4.78, 5) is 11.8. The highest BCUT2D eigenvalue weighted by atomic mass is 79.9. The predicted octanol–water partition coefficient (Wildman–Crippen LogP) is 1.60. The Kier molecular flexibility index (Phi) is 3.12.